The number of alkyl halides is 3. The predicted octanol–water partition coefficient (Wildman–Crippen LogP) is 4.00. The topological polar surface area (TPSA) is 49.3 Å². The van der Waals surface area contributed by atoms with E-state index in [2.05, 4.69) is 15.9 Å². The van der Waals surface area contributed by atoms with Gasteiger partial charge in [0.25, 0.3) is 0 Å². The molecule has 0 aromatic carbocycles. The summed E-state index contributed by atoms with van der Waals surface area (Å²) in [7, 11) is 0. The average molecular weight is 398 g/mol. The number of anilines is 1. The van der Waals surface area contributed by atoms with E-state index in [9.17, 15) is 18.0 Å². The minimum absolute atomic E-state index is 0.0911. The molecule has 1 aromatic heterocycles. The Kier molecular flexibility index (Phi) is 8.73. The minimum atomic E-state index is -4.45. The number of hydrogen-bond acceptors (Lipinski definition) is 4. The quantitative estimate of drug-likeness (QED) is 0.722. The minimum Gasteiger partial charge on any atom is -0.339 e. The van der Waals surface area contributed by atoms with E-state index in [1.165, 1.54) is 0 Å². The summed E-state index contributed by atoms with van der Waals surface area (Å²) in [5.74, 6) is 2.91. The second kappa shape index (κ2) is 10.3. The molecule has 1 saturated carbocycles. The van der Waals surface area contributed by atoms with Crippen LogP contribution in [0.3, 0.4) is 0 Å². The Hall–Kier alpha value is -2.30. The van der Waals surface area contributed by atoms with Crippen LogP contribution in [0.4, 0.5) is 19.1 Å². The lowest BCUT2D eigenvalue weighted by atomic mass is 10.0. The molecule has 2 heterocycles. The van der Waals surface area contributed by atoms with Crippen LogP contribution in [0, 0.1) is 17.8 Å². The number of hydrogen-bond donors (Lipinski definition) is 0. The SMILES string of the molecule is C#CCC1(C(=O)N2CCN(c3ncc(C(F)(F)F)cn3)CC2)CC1.CC.CC. The Balaban J connectivity index is 0.000000921. The van der Waals surface area contributed by atoms with Gasteiger partial charge in [0.2, 0.25) is 11.9 Å². The highest BCUT2D eigenvalue weighted by molar-refractivity contribution is 5.86. The van der Waals surface area contributed by atoms with Gasteiger partial charge in [-0.15, -0.1) is 12.3 Å². The summed E-state index contributed by atoms with van der Waals surface area (Å²) >= 11 is 0. The molecule has 5 nitrogen and oxygen atoms in total. The molecule has 2 aliphatic rings. The zero-order valence-corrected chi connectivity index (χ0v) is 17.0. The van der Waals surface area contributed by atoms with Crippen molar-refractivity contribution in [3.8, 4) is 12.3 Å². The van der Waals surface area contributed by atoms with Crippen molar-refractivity contribution in [3.05, 3.63) is 18.0 Å². The zero-order valence-electron chi connectivity index (χ0n) is 17.0. The molecule has 1 amide bonds. The summed E-state index contributed by atoms with van der Waals surface area (Å²) < 4.78 is 37.6. The first-order valence-corrected chi connectivity index (χ1v) is 9.73. The molecule has 28 heavy (non-hydrogen) atoms. The van der Waals surface area contributed by atoms with Gasteiger partial charge < -0.3 is 9.80 Å². The van der Waals surface area contributed by atoms with Crippen molar-refractivity contribution in [1.29, 1.82) is 0 Å². The normalized spacial score (nSPS) is 17.4. The van der Waals surface area contributed by atoms with Crippen molar-refractivity contribution < 1.29 is 18.0 Å². The first kappa shape index (κ1) is 23.7. The number of halogens is 3. The lowest BCUT2D eigenvalue weighted by molar-refractivity contribution is -0.138. The molecule has 0 spiro atoms. The van der Waals surface area contributed by atoms with Crippen LogP contribution in [0.5, 0.6) is 0 Å². The predicted molar refractivity (Wildman–Crippen MR) is 104 cm³/mol. The molecule has 2 fully saturated rings. The zero-order chi connectivity index (χ0) is 21.4. The van der Waals surface area contributed by atoms with E-state index in [0.717, 1.165) is 25.2 Å². The van der Waals surface area contributed by atoms with Crippen LogP contribution in [-0.4, -0.2) is 47.0 Å². The fourth-order valence-corrected chi connectivity index (χ4v) is 2.89. The number of terminal acetylenes is 1. The Labute approximate surface area is 165 Å². The largest absolute Gasteiger partial charge is 0.419 e. The number of amides is 1. The van der Waals surface area contributed by atoms with E-state index < -0.39 is 11.7 Å². The third-order valence-corrected chi connectivity index (χ3v) is 4.56. The molecular weight excluding hydrogens is 369 g/mol. The second-order valence-electron chi connectivity index (χ2n) is 6.21. The first-order valence-electron chi connectivity index (χ1n) is 9.73. The maximum Gasteiger partial charge on any atom is 0.419 e. The third-order valence-electron chi connectivity index (χ3n) is 4.56. The molecule has 3 rings (SSSR count). The molecule has 1 aromatic rings. The maximum absolute atomic E-state index is 12.5. The standard InChI is InChI=1S/C16H17F3N4O.2C2H6/c1-2-3-15(4-5-15)13(24)22-6-8-23(9-7-22)14-20-10-12(11-21-14)16(17,18)19;2*1-2/h1,10-11H,3-9H2;2*1-2H3. The van der Waals surface area contributed by atoms with E-state index in [4.69, 9.17) is 6.42 Å². The number of rotatable bonds is 3. The third kappa shape index (κ3) is 5.60. The summed E-state index contributed by atoms with van der Waals surface area (Å²) in [5, 5.41) is 0. The smallest absolute Gasteiger partial charge is 0.339 e. The Morgan fingerprint density at radius 1 is 1.11 bits per heavy atom. The second-order valence-corrected chi connectivity index (χ2v) is 6.21. The van der Waals surface area contributed by atoms with Gasteiger partial charge in [0.1, 0.15) is 0 Å². The van der Waals surface area contributed by atoms with E-state index in [-0.39, 0.29) is 17.3 Å². The van der Waals surface area contributed by atoms with Gasteiger partial charge in [0.05, 0.1) is 11.0 Å². The molecule has 8 heteroatoms. The van der Waals surface area contributed by atoms with Crippen LogP contribution in [0.25, 0.3) is 0 Å². The average Bonchev–Trinajstić information content (AvgIpc) is 3.51. The van der Waals surface area contributed by atoms with Crippen LogP contribution >= 0.6 is 0 Å². The van der Waals surface area contributed by atoms with Crippen molar-refractivity contribution in [2.75, 3.05) is 31.1 Å². The summed E-state index contributed by atoms with van der Waals surface area (Å²) in [6.45, 7) is 9.97. The Bertz CT molecular complexity index is 656. The summed E-state index contributed by atoms with van der Waals surface area (Å²) in [6.07, 6.45) is 4.59. The van der Waals surface area contributed by atoms with E-state index in [1.54, 1.807) is 9.80 Å². The first-order chi connectivity index (χ1) is 13.4. The molecule has 0 bridgehead atoms. The highest BCUT2D eigenvalue weighted by atomic mass is 19.4. The van der Waals surface area contributed by atoms with Gasteiger partial charge in [0.15, 0.2) is 0 Å². The summed E-state index contributed by atoms with van der Waals surface area (Å²) in [4.78, 5) is 23.7. The number of carbonyl (C=O) groups excluding carboxylic acids is 1. The molecule has 156 valence electrons. The van der Waals surface area contributed by atoms with Crippen LogP contribution in [0.2, 0.25) is 0 Å². The number of aromatic nitrogens is 2. The van der Waals surface area contributed by atoms with Crippen molar-refractivity contribution >= 4 is 11.9 Å². The number of carbonyl (C=O) groups is 1. The van der Waals surface area contributed by atoms with Gasteiger partial charge in [-0.25, -0.2) is 9.97 Å². The lowest BCUT2D eigenvalue weighted by Crippen LogP contribution is -2.51. The van der Waals surface area contributed by atoms with Crippen LogP contribution in [-0.2, 0) is 11.0 Å². The van der Waals surface area contributed by atoms with Crippen molar-refractivity contribution in [1.82, 2.24) is 14.9 Å². The molecule has 0 N–H and O–H groups in total. The molecule has 1 saturated heterocycles. The maximum atomic E-state index is 12.5. The molecular formula is C20H29F3N4O. The van der Waals surface area contributed by atoms with E-state index >= 15 is 0 Å². The highest BCUT2D eigenvalue weighted by Crippen LogP contribution is 2.50. The fraction of sp³-hybridized carbons (Fsp3) is 0.650. The summed E-state index contributed by atoms with van der Waals surface area (Å²) in [5.41, 5.74) is -1.24. The molecule has 0 radical (unpaired) electrons. The highest BCUT2D eigenvalue weighted by Gasteiger charge is 2.51. The van der Waals surface area contributed by atoms with Gasteiger partial charge >= 0.3 is 6.18 Å². The van der Waals surface area contributed by atoms with Crippen LogP contribution in [0.1, 0.15) is 52.5 Å². The number of piperazine rings is 1. The van der Waals surface area contributed by atoms with Crippen molar-refractivity contribution in [3.63, 3.8) is 0 Å². The van der Waals surface area contributed by atoms with Gasteiger partial charge in [-0.3, -0.25) is 4.79 Å². The van der Waals surface area contributed by atoms with E-state index in [1.807, 2.05) is 27.7 Å². The molecule has 0 atom stereocenters. The van der Waals surface area contributed by atoms with Crippen molar-refractivity contribution in [2.45, 2.75) is 53.1 Å². The molecule has 1 aliphatic heterocycles. The summed E-state index contributed by atoms with van der Waals surface area (Å²) in [6, 6.07) is 0. The van der Waals surface area contributed by atoms with Gasteiger partial charge in [-0.05, 0) is 12.8 Å². The Morgan fingerprint density at radius 2 is 1.61 bits per heavy atom. The molecule has 1 aliphatic carbocycles. The van der Waals surface area contributed by atoms with Crippen molar-refractivity contribution in [2.24, 2.45) is 5.41 Å². The monoisotopic (exact) mass is 398 g/mol. The van der Waals surface area contributed by atoms with Crippen LogP contribution < -0.4 is 4.90 Å². The molecule has 0 unspecified atom stereocenters. The van der Waals surface area contributed by atoms with Gasteiger partial charge in [-0.1, -0.05) is 27.7 Å². The number of nitrogens with zero attached hydrogens (tertiary/aromatic N) is 4. The van der Waals surface area contributed by atoms with Crippen LogP contribution in [0.15, 0.2) is 12.4 Å². The fourth-order valence-electron chi connectivity index (χ4n) is 2.89. The van der Waals surface area contributed by atoms with Gasteiger partial charge in [0, 0.05) is 45.0 Å². The Morgan fingerprint density at radius 3 is 2.00 bits per heavy atom. The van der Waals surface area contributed by atoms with E-state index in [0.29, 0.717) is 32.6 Å². The van der Waals surface area contributed by atoms with Gasteiger partial charge in [-0.2, -0.15) is 13.2 Å². The lowest BCUT2D eigenvalue weighted by Gasteiger charge is -2.36.